The van der Waals surface area contributed by atoms with Crippen molar-refractivity contribution in [3.63, 3.8) is 0 Å². The summed E-state index contributed by atoms with van der Waals surface area (Å²) in [6, 6.07) is 12.8. The number of carbonyl (C=O) groups is 1. The molecule has 0 spiro atoms. The molecule has 1 unspecified atom stereocenters. The van der Waals surface area contributed by atoms with E-state index in [0.717, 1.165) is 17.5 Å². The number of aromatic carboxylic acids is 1. The lowest BCUT2D eigenvalue weighted by Crippen LogP contribution is -2.13. The van der Waals surface area contributed by atoms with E-state index in [0.29, 0.717) is 28.8 Å². The second-order valence-electron chi connectivity index (χ2n) is 5.61. The molecule has 126 valence electrons. The number of oxazole rings is 1. The number of carboxylic acid groups (broad SMARTS) is 1. The van der Waals surface area contributed by atoms with Crippen molar-refractivity contribution in [1.29, 1.82) is 0 Å². The van der Waals surface area contributed by atoms with E-state index in [2.05, 4.69) is 10.3 Å². The number of hydrogen-bond donors (Lipinski definition) is 2. The first-order valence-electron chi connectivity index (χ1n) is 7.61. The van der Waals surface area contributed by atoms with Crippen LogP contribution in [0.3, 0.4) is 0 Å². The lowest BCUT2D eigenvalue weighted by Gasteiger charge is -2.17. The van der Waals surface area contributed by atoms with Crippen LogP contribution < -0.4 is 10.1 Å². The summed E-state index contributed by atoms with van der Waals surface area (Å²) in [5.41, 5.74) is 1.56. The van der Waals surface area contributed by atoms with Gasteiger partial charge in [0, 0.05) is 17.0 Å². The highest BCUT2D eigenvalue weighted by Gasteiger charge is 2.25. The third kappa shape index (κ3) is 3.04. The van der Waals surface area contributed by atoms with Crippen molar-refractivity contribution in [1.82, 2.24) is 4.98 Å². The monoisotopic (exact) mass is 356 g/mol. The van der Waals surface area contributed by atoms with E-state index in [1.807, 2.05) is 24.3 Å². The highest BCUT2D eigenvalue weighted by molar-refractivity contribution is 6.30. The average Bonchev–Trinajstić information content (AvgIpc) is 3.00. The molecule has 0 amide bonds. The quantitative estimate of drug-likeness (QED) is 0.717. The van der Waals surface area contributed by atoms with Crippen LogP contribution in [-0.4, -0.2) is 16.1 Å². The Hall–Kier alpha value is -2.99. The second-order valence-corrected chi connectivity index (χ2v) is 6.05. The molecule has 1 atom stereocenters. The molecule has 4 rings (SSSR count). The van der Waals surface area contributed by atoms with Crippen molar-refractivity contribution in [2.45, 2.75) is 12.5 Å². The molecule has 0 bridgehead atoms. The molecule has 6 nitrogen and oxygen atoms in total. The summed E-state index contributed by atoms with van der Waals surface area (Å²) in [6.45, 7) is 0. The van der Waals surface area contributed by atoms with Crippen LogP contribution in [0.4, 0.5) is 5.69 Å². The number of hydrogen-bond acceptors (Lipinski definition) is 5. The maximum absolute atomic E-state index is 11.0. The van der Waals surface area contributed by atoms with Crippen LogP contribution in [0.5, 0.6) is 11.5 Å². The molecule has 0 aliphatic carbocycles. The Morgan fingerprint density at radius 2 is 2.08 bits per heavy atom. The zero-order valence-electron chi connectivity index (χ0n) is 12.9. The van der Waals surface area contributed by atoms with E-state index in [1.165, 1.54) is 0 Å². The zero-order chi connectivity index (χ0) is 17.4. The van der Waals surface area contributed by atoms with Crippen molar-refractivity contribution in [3.8, 4) is 11.5 Å². The van der Waals surface area contributed by atoms with Crippen molar-refractivity contribution < 1.29 is 19.1 Å². The summed E-state index contributed by atoms with van der Waals surface area (Å²) >= 11 is 6.10. The fraction of sp³-hybridized carbons (Fsp3) is 0.111. The van der Waals surface area contributed by atoms with E-state index in [1.54, 1.807) is 18.2 Å². The molecule has 3 aromatic rings. The second kappa shape index (κ2) is 6.14. The molecule has 2 N–H and O–H groups in total. The molecule has 1 aliphatic rings. The first kappa shape index (κ1) is 15.5. The van der Waals surface area contributed by atoms with Gasteiger partial charge < -0.3 is 19.6 Å². The highest BCUT2D eigenvalue weighted by Crippen LogP contribution is 2.41. The van der Waals surface area contributed by atoms with Gasteiger partial charge in [-0.05, 0) is 24.3 Å². The Labute approximate surface area is 148 Å². The van der Waals surface area contributed by atoms with Crippen LogP contribution in [0.1, 0.15) is 28.0 Å². The fourth-order valence-corrected chi connectivity index (χ4v) is 2.96. The molecule has 1 aromatic heterocycles. The SMILES string of the molecule is O=C(O)c1coc(CC2Nc3cc(Cl)ccc3Oc3ccccc32)n1. The summed E-state index contributed by atoms with van der Waals surface area (Å²) in [6.07, 6.45) is 1.50. The molecule has 1 aliphatic heterocycles. The van der Waals surface area contributed by atoms with Crippen LogP contribution in [0.25, 0.3) is 0 Å². The summed E-state index contributed by atoms with van der Waals surface area (Å²) < 4.78 is 11.3. The Morgan fingerprint density at radius 3 is 2.88 bits per heavy atom. The standard InChI is InChI=1S/C18H13ClN2O4/c19-10-5-6-16-13(7-10)20-12(11-3-1-2-4-15(11)25-16)8-17-21-14(9-24-17)18(22)23/h1-7,9,12,20H,8H2,(H,22,23). The third-order valence-electron chi connectivity index (χ3n) is 3.94. The number of halogens is 1. The van der Waals surface area contributed by atoms with Crippen molar-refractivity contribution in [2.75, 3.05) is 5.32 Å². The maximum Gasteiger partial charge on any atom is 0.357 e. The number of rotatable bonds is 3. The molecule has 0 fully saturated rings. The summed E-state index contributed by atoms with van der Waals surface area (Å²) in [5, 5.41) is 13.0. The number of benzene rings is 2. The van der Waals surface area contributed by atoms with Crippen molar-refractivity contribution >= 4 is 23.3 Å². The number of nitrogens with one attached hydrogen (secondary N) is 1. The fourth-order valence-electron chi connectivity index (χ4n) is 2.79. The van der Waals surface area contributed by atoms with Gasteiger partial charge in [0.1, 0.15) is 12.0 Å². The molecule has 2 aromatic carbocycles. The van der Waals surface area contributed by atoms with E-state index in [-0.39, 0.29) is 11.7 Å². The van der Waals surface area contributed by atoms with Gasteiger partial charge in [-0.25, -0.2) is 9.78 Å². The topological polar surface area (TPSA) is 84.6 Å². The lowest BCUT2D eigenvalue weighted by atomic mass is 10.0. The van der Waals surface area contributed by atoms with Gasteiger partial charge in [0.25, 0.3) is 0 Å². The largest absolute Gasteiger partial charge is 0.476 e. The summed E-state index contributed by atoms with van der Waals surface area (Å²) in [4.78, 5) is 15.0. The maximum atomic E-state index is 11.0. The van der Waals surface area contributed by atoms with E-state index in [9.17, 15) is 4.79 Å². The number of aromatic nitrogens is 1. The number of ether oxygens (including phenoxy) is 1. The van der Waals surface area contributed by atoms with E-state index in [4.69, 9.17) is 25.9 Å². The minimum absolute atomic E-state index is 0.114. The van der Waals surface area contributed by atoms with Gasteiger partial charge in [0.15, 0.2) is 17.3 Å². The smallest absolute Gasteiger partial charge is 0.357 e. The van der Waals surface area contributed by atoms with E-state index < -0.39 is 5.97 Å². The Bertz CT molecular complexity index is 954. The molecule has 7 heteroatoms. The van der Waals surface area contributed by atoms with Crippen LogP contribution >= 0.6 is 11.6 Å². The molecule has 0 saturated carbocycles. The van der Waals surface area contributed by atoms with Gasteiger partial charge in [0.05, 0.1) is 11.7 Å². The van der Waals surface area contributed by atoms with Gasteiger partial charge in [-0.3, -0.25) is 0 Å². The number of para-hydroxylation sites is 1. The zero-order valence-corrected chi connectivity index (χ0v) is 13.7. The number of fused-ring (bicyclic) bond motifs is 2. The van der Waals surface area contributed by atoms with Gasteiger partial charge in [0.2, 0.25) is 0 Å². The highest BCUT2D eigenvalue weighted by atomic mass is 35.5. The predicted molar refractivity (Wildman–Crippen MR) is 91.5 cm³/mol. The Balaban J connectivity index is 1.73. The Morgan fingerprint density at radius 1 is 1.24 bits per heavy atom. The van der Waals surface area contributed by atoms with Crippen molar-refractivity contribution in [2.24, 2.45) is 0 Å². The van der Waals surface area contributed by atoms with Crippen LogP contribution in [0.15, 0.2) is 53.1 Å². The third-order valence-corrected chi connectivity index (χ3v) is 4.17. The summed E-state index contributed by atoms with van der Waals surface area (Å²) in [7, 11) is 0. The minimum Gasteiger partial charge on any atom is -0.476 e. The number of carboxylic acids is 1. The van der Waals surface area contributed by atoms with Gasteiger partial charge >= 0.3 is 5.97 Å². The van der Waals surface area contributed by atoms with Gasteiger partial charge in [-0.15, -0.1) is 0 Å². The number of anilines is 1. The molecule has 2 heterocycles. The van der Waals surface area contributed by atoms with Crippen LogP contribution in [0, 0.1) is 0 Å². The molecular weight excluding hydrogens is 344 g/mol. The van der Waals surface area contributed by atoms with Crippen molar-refractivity contribution in [3.05, 3.63) is 70.9 Å². The lowest BCUT2D eigenvalue weighted by molar-refractivity contribution is 0.0690. The number of nitrogens with zero attached hydrogens (tertiary/aromatic N) is 1. The molecule has 0 radical (unpaired) electrons. The van der Waals surface area contributed by atoms with E-state index >= 15 is 0 Å². The first-order valence-corrected chi connectivity index (χ1v) is 7.98. The normalized spacial score (nSPS) is 15.3. The molecule has 0 saturated heterocycles. The van der Waals surface area contributed by atoms with Crippen LogP contribution in [-0.2, 0) is 6.42 Å². The minimum atomic E-state index is -1.12. The molecule has 25 heavy (non-hydrogen) atoms. The first-order chi connectivity index (χ1) is 12.1. The van der Waals surface area contributed by atoms with Crippen LogP contribution in [0.2, 0.25) is 5.02 Å². The Kier molecular flexibility index (Phi) is 3.82. The summed E-state index contributed by atoms with van der Waals surface area (Å²) in [5.74, 6) is 0.587. The predicted octanol–water partition coefficient (Wildman–Crippen LogP) is 4.53. The average molecular weight is 357 g/mol. The van der Waals surface area contributed by atoms with Gasteiger partial charge in [-0.1, -0.05) is 29.8 Å². The molecular formula is C18H13ClN2O4. The van der Waals surface area contributed by atoms with Gasteiger partial charge in [-0.2, -0.15) is 0 Å².